The average molecular weight is 427 g/mol. The van der Waals surface area contributed by atoms with Crippen LogP contribution in [0.25, 0.3) is 0 Å². The summed E-state index contributed by atoms with van der Waals surface area (Å²) in [6.45, 7) is 8.50. The van der Waals surface area contributed by atoms with Gasteiger partial charge in [0.25, 0.3) is 0 Å². The van der Waals surface area contributed by atoms with Crippen LogP contribution in [0.3, 0.4) is 0 Å². The summed E-state index contributed by atoms with van der Waals surface area (Å²) >= 11 is 0. The third-order valence-electron chi connectivity index (χ3n) is 5.22. The van der Waals surface area contributed by atoms with E-state index in [0.717, 1.165) is 44.1 Å². The Hall–Kier alpha value is -2.59. The van der Waals surface area contributed by atoms with Crippen molar-refractivity contribution in [1.29, 1.82) is 0 Å². The highest BCUT2D eigenvalue weighted by Gasteiger charge is 2.08. The Bertz CT molecular complexity index is 837. The van der Waals surface area contributed by atoms with Crippen LogP contribution < -0.4 is 0 Å². The van der Waals surface area contributed by atoms with E-state index in [2.05, 4.69) is 39.0 Å². The van der Waals surface area contributed by atoms with Crippen LogP contribution in [-0.2, 0) is 6.42 Å². The van der Waals surface area contributed by atoms with E-state index in [9.17, 15) is 20.1 Å². The number of aliphatic hydroxyl groups excluding tert-OH is 1. The van der Waals surface area contributed by atoms with E-state index in [4.69, 9.17) is 0 Å². The summed E-state index contributed by atoms with van der Waals surface area (Å²) in [6.07, 6.45) is 15.4. The van der Waals surface area contributed by atoms with Crippen LogP contribution in [0.5, 0.6) is 11.5 Å². The number of aliphatic hydroxyl groups is 1. The second-order valence-electron chi connectivity index (χ2n) is 8.39. The van der Waals surface area contributed by atoms with Gasteiger partial charge >= 0.3 is 0 Å². The first-order valence-electron chi connectivity index (χ1n) is 11.0. The van der Waals surface area contributed by atoms with Crippen LogP contribution in [0, 0.1) is 0 Å². The van der Waals surface area contributed by atoms with Crippen molar-refractivity contribution in [2.24, 2.45) is 0 Å². The maximum atomic E-state index is 10.9. The fraction of sp³-hybridized carbons (Fsp3) is 0.444. The molecule has 0 atom stereocenters. The molecule has 0 aromatic heterocycles. The van der Waals surface area contributed by atoms with Gasteiger partial charge in [-0.05, 0) is 90.3 Å². The maximum absolute atomic E-state index is 10.9. The van der Waals surface area contributed by atoms with Crippen molar-refractivity contribution in [3.8, 4) is 11.5 Å². The topological polar surface area (TPSA) is 77.8 Å². The van der Waals surface area contributed by atoms with Crippen LogP contribution >= 0.6 is 0 Å². The summed E-state index contributed by atoms with van der Waals surface area (Å²) < 4.78 is 0. The van der Waals surface area contributed by atoms with E-state index in [0.29, 0.717) is 23.8 Å². The number of carbonyl (C=O) groups is 1. The summed E-state index contributed by atoms with van der Waals surface area (Å²) in [5, 5.41) is 29.2. The highest BCUT2D eigenvalue weighted by molar-refractivity contribution is 5.77. The molecule has 0 unspecified atom stereocenters. The largest absolute Gasteiger partial charge is 0.504 e. The summed E-state index contributed by atoms with van der Waals surface area (Å²) in [5.41, 5.74) is 5.85. The number of aldehydes is 1. The third kappa shape index (κ3) is 10.8. The Morgan fingerprint density at radius 3 is 2.06 bits per heavy atom. The second-order valence-corrected chi connectivity index (χ2v) is 8.39. The molecule has 31 heavy (non-hydrogen) atoms. The molecule has 4 heteroatoms. The van der Waals surface area contributed by atoms with Crippen molar-refractivity contribution in [2.45, 2.75) is 72.6 Å². The number of benzene rings is 1. The van der Waals surface area contributed by atoms with Crippen molar-refractivity contribution in [3.05, 3.63) is 69.9 Å². The highest BCUT2D eigenvalue weighted by atomic mass is 16.3. The minimum absolute atomic E-state index is 0.131. The van der Waals surface area contributed by atoms with Crippen molar-refractivity contribution in [3.63, 3.8) is 0 Å². The van der Waals surface area contributed by atoms with Gasteiger partial charge in [-0.3, -0.25) is 4.79 Å². The molecule has 1 aromatic rings. The lowest BCUT2D eigenvalue weighted by atomic mass is 10.0. The number of hydrogen-bond acceptors (Lipinski definition) is 4. The number of carbonyl (C=O) groups excluding carboxylic acids is 1. The van der Waals surface area contributed by atoms with Gasteiger partial charge in [0.15, 0.2) is 11.5 Å². The summed E-state index contributed by atoms with van der Waals surface area (Å²) in [5.74, 6) is -0.430. The summed E-state index contributed by atoms with van der Waals surface area (Å²) in [4.78, 5) is 10.9. The smallest absolute Gasteiger partial charge is 0.161 e. The van der Waals surface area contributed by atoms with Crippen molar-refractivity contribution in [2.75, 3.05) is 6.61 Å². The summed E-state index contributed by atoms with van der Waals surface area (Å²) in [6, 6.07) is 2.86. The first kappa shape index (κ1) is 26.4. The number of aromatic hydroxyl groups is 2. The molecule has 0 saturated carbocycles. The molecule has 0 amide bonds. The molecule has 1 rings (SSSR count). The third-order valence-corrected chi connectivity index (χ3v) is 5.22. The minimum Gasteiger partial charge on any atom is -0.504 e. The molecule has 3 N–H and O–H groups in total. The molecular weight excluding hydrogens is 388 g/mol. The second kappa shape index (κ2) is 14.4. The Morgan fingerprint density at radius 1 is 0.839 bits per heavy atom. The number of allylic oxidation sites excluding steroid dienone is 7. The molecule has 0 heterocycles. The van der Waals surface area contributed by atoms with E-state index in [1.807, 2.05) is 13.0 Å². The molecule has 0 aliphatic carbocycles. The van der Waals surface area contributed by atoms with Gasteiger partial charge in [0.1, 0.15) is 6.29 Å². The molecule has 0 bridgehead atoms. The van der Waals surface area contributed by atoms with Gasteiger partial charge < -0.3 is 15.3 Å². The van der Waals surface area contributed by atoms with Crippen molar-refractivity contribution >= 4 is 6.29 Å². The zero-order valence-electron chi connectivity index (χ0n) is 19.4. The number of phenols is 2. The molecule has 4 nitrogen and oxygen atoms in total. The van der Waals surface area contributed by atoms with E-state index in [1.54, 1.807) is 6.07 Å². The molecule has 1 aromatic carbocycles. The Kier molecular flexibility index (Phi) is 12.3. The first-order chi connectivity index (χ1) is 14.8. The molecule has 0 fully saturated rings. The quantitative estimate of drug-likeness (QED) is 0.189. The van der Waals surface area contributed by atoms with Gasteiger partial charge in [0.2, 0.25) is 0 Å². The zero-order chi connectivity index (χ0) is 23.2. The number of hydrogen-bond donors (Lipinski definition) is 3. The fourth-order valence-electron chi connectivity index (χ4n) is 3.26. The number of rotatable bonds is 13. The van der Waals surface area contributed by atoms with Gasteiger partial charge in [-0.15, -0.1) is 0 Å². The van der Waals surface area contributed by atoms with Crippen LogP contribution in [0.4, 0.5) is 0 Å². The van der Waals surface area contributed by atoms with Gasteiger partial charge in [0.05, 0.1) is 6.61 Å². The molecular formula is C27H38O4. The molecule has 170 valence electrons. The van der Waals surface area contributed by atoms with Gasteiger partial charge in [-0.1, -0.05) is 41.0 Å². The Morgan fingerprint density at radius 2 is 1.45 bits per heavy atom. The van der Waals surface area contributed by atoms with Crippen LogP contribution in [0.15, 0.2) is 58.7 Å². The number of phenolic OH excluding ortho intramolecular Hbond substituents is 2. The van der Waals surface area contributed by atoms with Crippen LogP contribution in [0.2, 0.25) is 0 Å². The van der Waals surface area contributed by atoms with Crippen molar-refractivity contribution in [1.82, 2.24) is 0 Å². The van der Waals surface area contributed by atoms with E-state index < -0.39 is 0 Å². The SMILES string of the molecule is CC(C)=CCC/C(=C\CC/C(C)=C/CC/C(C)=C/Cc1cc(C=O)cc(O)c1O)CO. The average Bonchev–Trinajstić information content (AvgIpc) is 2.73. The predicted molar refractivity (Wildman–Crippen MR) is 129 cm³/mol. The standard InChI is InChI=1S/C27H38O4/c1-20(2)8-5-12-23(18-28)13-7-11-21(3)9-6-10-22(4)14-15-25-16-24(19-29)17-26(30)27(25)31/h8-9,13-14,16-17,19,28,30-31H,5-7,10-12,15,18H2,1-4H3/b21-9+,22-14+,23-13+. The lowest BCUT2D eigenvalue weighted by Crippen LogP contribution is -1.91. The summed E-state index contributed by atoms with van der Waals surface area (Å²) in [7, 11) is 0. The van der Waals surface area contributed by atoms with Gasteiger partial charge in [-0.2, -0.15) is 0 Å². The fourth-order valence-corrected chi connectivity index (χ4v) is 3.26. The first-order valence-corrected chi connectivity index (χ1v) is 11.0. The van der Waals surface area contributed by atoms with Crippen LogP contribution in [0.1, 0.15) is 82.1 Å². The van der Waals surface area contributed by atoms with Crippen molar-refractivity contribution < 1.29 is 20.1 Å². The van der Waals surface area contributed by atoms with Crippen LogP contribution in [-0.4, -0.2) is 28.2 Å². The van der Waals surface area contributed by atoms with Gasteiger partial charge in [-0.25, -0.2) is 0 Å². The maximum Gasteiger partial charge on any atom is 0.161 e. The lowest BCUT2D eigenvalue weighted by molar-refractivity contribution is 0.112. The van der Waals surface area contributed by atoms with E-state index in [1.165, 1.54) is 22.8 Å². The molecule has 0 radical (unpaired) electrons. The molecule has 0 spiro atoms. The normalized spacial score (nSPS) is 12.7. The molecule has 0 saturated heterocycles. The minimum atomic E-state index is -0.264. The highest BCUT2D eigenvalue weighted by Crippen LogP contribution is 2.30. The lowest BCUT2D eigenvalue weighted by Gasteiger charge is -2.06. The monoisotopic (exact) mass is 426 g/mol. The predicted octanol–water partition coefficient (Wildman–Crippen LogP) is 6.57. The van der Waals surface area contributed by atoms with E-state index >= 15 is 0 Å². The molecule has 0 aliphatic heterocycles. The zero-order valence-corrected chi connectivity index (χ0v) is 19.4. The Balaban J connectivity index is 2.48. The molecule has 0 aliphatic rings. The Labute approximate surface area is 187 Å². The van der Waals surface area contributed by atoms with E-state index in [-0.39, 0.29) is 18.1 Å². The van der Waals surface area contributed by atoms with Gasteiger partial charge in [0, 0.05) is 11.1 Å².